The van der Waals surface area contributed by atoms with Crippen LogP contribution in [0.25, 0.3) is 11.1 Å². The first-order chi connectivity index (χ1) is 26.3. The molecule has 6 rings (SSSR count). The number of nitrogens with zero attached hydrogens (tertiary/aromatic N) is 3. The summed E-state index contributed by atoms with van der Waals surface area (Å²) in [5, 5.41) is 18.8. The topological polar surface area (TPSA) is 155 Å². The number of rotatable bonds is 14. The third-order valence-corrected chi connectivity index (χ3v) is 9.98. The molecule has 2 fully saturated rings. The molecule has 2 N–H and O–H groups in total. The number of aliphatic hydroxyl groups excluding tert-OH is 1. The molecular weight excluding hydrogens is 706 g/mol. The number of anilines is 2. The van der Waals surface area contributed by atoms with E-state index in [2.05, 4.69) is 6.07 Å². The van der Waals surface area contributed by atoms with E-state index in [1.807, 2.05) is 74.2 Å². The summed E-state index contributed by atoms with van der Waals surface area (Å²) >= 11 is 0. The van der Waals surface area contributed by atoms with Crippen LogP contribution in [-0.2, 0) is 23.9 Å². The SMILES string of the molecule is COCCCN1C(=O)COc2ccc(N(C(=O)[C@H]3CN(C(=O)OC(C)(C)C)CC[C@@H]3c3cccc(-c4ccc(OCC(O)CC(=O)O)cc4)c3)C3CC3)cc21. The van der Waals surface area contributed by atoms with Crippen molar-refractivity contribution >= 4 is 35.3 Å². The summed E-state index contributed by atoms with van der Waals surface area (Å²) in [6, 6.07) is 21.0. The van der Waals surface area contributed by atoms with Crippen LogP contribution in [0.15, 0.2) is 66.7 Å². The highest BCUT2D eigenvalue weighted by atomic mass is 16.6. The fraction of sp³-hybridized carbons (Fsp3) is 0.476. The van der Waals surface area contributed by atoms with Crippen LogP contribution in [-0.4, -0.2) is 103 Å². The average Bonchev–Trinajstić information content (AvgIpc) is 3.99. The van der Waals surface area contributed by atoms with E-state index in [1.165, 1.54) is 0 Å². The van der Waals surface area contributed by atoms with Gasteiger partial charge in [-0.3, -0.25) is 14.4 Å². The van der Waals surface area contributed by atoms with Crippen molar-refractivity contribution in [2.45, 2.75) is 76.5 Å². The van der Waals surface area contributed by atoms with Crippen LogP contribution in [0.1, 0.15) is 64.4 Å². The lowest BCUT2D eigenvalue weighted by atomic mass is 9.78. The molecule has 294 valence electrons. The van der Waals surface area contributed by atoms with Crippen LogP contribution in [0, 0.1) is 5.92 Å². The van der Waals surface area contributed by atoms with E-state index >= 15 is 4.79 Å². The van der Waals surface area contributed by atoms with E-state index in [4.69, 9.17) is 24.1 Å². The van der Waals surface area contributed by atoms with Crippen molar-refractivity contribution in [1.29, 1.82) is 0 Å². The highest BCUT2D eigenvalue weighted by Gasteiger charge is 2.44. The van der Waals surface area contributed by atoms with E-state index in [0.29, 0.717) is 55.4 Å². The minimum atomic E-state index is -1.12. The Kier molecular flexibility index (Phi) is 12.3. The molecule has 3 atom stereocenters. The van der Waals surface area contributed by atoms with Crippen molar-refractivity contribution in [3.8, 4) is 22.6 Å². The smallest absolute Gasteiger partial charge is 0.410 e. The predicted molar refractivity (Wildman–Crippen MR) is 206 cm³/mol. The third-order valence-electron chi connectivity index (χ3n) is 9.98. The zero-order valence-electron chi connectivity index (χ0n) is 31.9. The van der Waals surface area contributed by atoms with Gasteiger partial charge in [-0.05, 0) is 99.4 Å². The molecule has 1 saturated carbocycles. The average molecular weight is 758 g/mol. The maximum Gasteiger partial charge on any atom is 0.410 e. The number of piperidine rings is 1. The van der Waals surface area contributed by atoms with Gasteiger partial charge in [-0.2, -0.15) is 0 Å². The van der Waals surface area contributed by atoms with E-state index < -0.39 is 36.1 Å². The van der Waals surface area contributed by atoms with Gasteiger partial charge in [-0.25, -0.2) is 4.79 Å². The molecule has 0 aromatic heterocycles. The van der Waals surface area contributed by atoms with Crippen LogP contribution in [0.2, 0.25) is 0 Å². The largest absolute Gasteiger partial charge is 0.491 e. The number of carbonyl (C=O) groups excluding carboxylic acids is 3. The predicted octanol–water partition coefficient (Wildman–Crippen LogP) is 5.87. The van der Waals surface area contributed by atoms with Crippen molar-refractivity contribution in [3.63, 3.8) is 0 Å². The van der Waals surface area contributed by atoms with Gasteiger partial charge >= 0.3 is 12.1 Å². The fourth-order valence-corrected chi connectivity index (χ4v) is 7.22. The van der Waals surface area contributed by atoms with Crippen molar-refractivity contribution in [3.05, 3.63) is 72.3 Å². The number of amides is 3. The van der Waals surface area contributed by atoms with Crippen LogP contribution in [0.4, 0.5) is 16.2 Å². The molecule has 55 heavy (non-hydrogen) atoms. The molecule has 2 heterocycles. The van der Waals surface area contributed by atoms with Gasteiger partial charge in [0.25, 0.3) is 5.91 Å². The van der Waals surface area contributed by atoms with E-state index in [-0.39, 0.29) is 43.5 Å². The molecule has 1 saturated heterocycles. The first-order valence-electron chi connectivity index (χ1n) is 18.9. The zero-order valence-corrected chi connectivity index (χ0v) is 31.9. The Morgan fingerprint density at radius 3 is 2.45 bits per heavy atom. The number of likely N-dealkylation sites (tertiary alicyclic amines) is 1. The van der Waals surface area contributed by atoms with Crippen molar-refractivity contribution < 1.29 is 48.3 Å². The van der Waals surface area contributed by atoms with Gasteiger partial charge in [-0.15, -0.1) is 0 Å². The summed E-state index contributed by atoms with van der Waals surface area (Å²) in [4.78, 5) is 57.5. The number of aliphatic carboxylic acids is 1. The highest BCUT2D eigenvalue weighted by Crippen LogP contribution is 2.43. The number of hydrogen-bond donors (Lipinski definition) is 2. The molecule has 3 aromatic carbocycles. The lowest BCUT2D eigenvalue weighted by Crippen LogP contribution is -2.51. The number of aliphatic hydroxyl groups is 1. The standard InChI is InChI=1S/C42H51N3O10/c1-42(2,3)55-41(51)43-19-17-34(29-8-5-7-28(21-29)27-9-14-33(15-10-27)53-25-32(46)23-39(48)49)35(24-43)40(50)45(30-11-12-30)31-13-16-37-36(22-31)44(18-6-20-52-4)38(47)26-54-37/h5,7-10,13-16,21-22,30,32,34-35,46H,6,11-12,17-20,23-26H2,1-4H3,(H,48,49)/t32?,34-,35+/m1/s1. The second-order valence-corrected chi connectivity index (χ2v) is 15.4. The van der Waals surface area contributed by atoms with Gasteiger partial charge in [0.15, 0.2) is 6.61 Å². The quantitative estimate of drug-likeness (QED) is 0.191. The maximum absolute atomic E-state index is 15.1. The minimum Gasteiger partial charge on any atom is -0.491 e. The summed E-state index contributed by atoms with van der Waals surface area (Å²) < 4.78 is 22.4. The van der Waals surface area contributed by atoms with Crippen LogP contribution < -0.4 is 19.3 Å². The highest BCUT2D eigenvalue weighted by molar-refractivity contribution is 6.01. The second kappa shape index (κ2) is 17.1. The lowest BCUT2D eigenvalue weighted by molar-refractivity contribution is -0.139. The number of benzene rings is 3. The maximum atomic E-state index is 15.1. The first kappa shape index (κ1) is 39.6. The Morgan fingerprint density at radius 1 is 1.00 bits per heavy atom. The van der Waals surface area contributed by atoms with E-state index in [0.717, 1.165) is 29.5 Å². The van der Waals surface area contributed by atoms with Crippen LogP contribution >= 0.6 is 0 Å². The number of methoxy groups -OCH3 is 1. The third kappa shape index (κ3) is 9.95. The molecule has 0 spiro atoms. The monoisotopic (exact) mass is 757 g/mol. The number of fused-ring (bicyclic) bond motifs is 1. The molecule has 0 bridgehead atoms. The molecule has 13 heteroatoms. The Hall–Kier alpha value is -5.14. The van der Waals surface area contributed by atoms with Gasteiger partial charge in [-0.1, -0.05) is 36.4 Å². The number of hydrogen-bond acceptors (Lipinski definition) is 9. The number of ether oxygens (including phenoxy) is 4. The summed E-state index contributed by atoms with van der Waals surface area (Å²) in [5.74, 6) is -1.05. The summed E-state index contributed by atoms with van der Waals surface area (Å²) in [7, 11) is 1.63. The molecule has 0 radical (unpaired) electrons. The Labute approximate surface area is 321 Å². The molecule has 3 aromatic rings. The van der Waals surface area contributed by atoms with Crippen molar-refractivity contribution in [2.24, 2.45) is 5.92 Å². The summed E-state index contributed by atoms with van der Waals surface area (Å²) in [5.41, 5.74) is 3.43. The van der Waals surface area contributed by atoms with E-state index in [9.17, 15) is 19.5 Å². The number of carboxylic acid groups (broad SMARTS) is 1. The van der Waals surface area contributed by atoms with Crippen molar-refractivity contribution in [1.82, 2.24) is 4.90 Å². The van der Waals surface area contributed by atoms with Crippen LogP contribution in [0.3, 0.4) is 0 Å². The summed E-state index contributed by atoms with van der Waals surface area (Å²) in [6.07, 6.45) is 0.909. The van der Waals surface area contributed by atoms with Crippen molar-refractivity contribution in [2.75, 3.05) is 56.4 Å². The minimum absolute atomic E-state index is 0.0115. The molecule has 13 nitrogen and oxygen atoms in total. The molecule has 1 unspecified atom stereocenters. The van der Waals surface area contributed by atoms with Gasteiger partial charge in [0.2, 0.25) is 5.91 Å². The lowest BCUT2D eigenvalue weighted by Gasteiger charge is -2.41. The Bertz CT molecular complexity index is 1850. The number of carbonyl (C=O) groups is 4. The van der Waals surface area contributed by atoms with Crippen LogP contribution in [0.5, 0.6) is 11.5 Å². The molecule has 2 aliphatic heterocycles. The number of carboxylic acids is 1. The molecule has 1 aliphatic carbocycles. The Morgan fingerprint density at radius 2 is 1.76 bits per heavy atom. The van der Waals surface area contributed by atoms with Gasteiger partial charge in [0.05, 0.1) is 24.1 Å². The second-order valence-electron chi connectivity index (χ2n) is 15.4. The Balaban J connectivity index is 1.29. The van der Waals surface area contributed by atoms with Gasteiger partial charge in [0.1, 0.15) is 23.7 Å². The molecule has 3 amide bonds. The van der Waals surface area contributed by atoms with E-state index in [1.54, 1.807) is 29.0 Å². The first-order valence-corrected chi connectivity index (χ1v) is 18.9. The fourth-order valence-electron chi connectivity index (χ4n) is 7.22. The molecule has 3 aliphatic rings. The molecular formula is C42H51N3O10. The normalized spacial score (nSPS) is 18.9. The van der Waals surface area contributed by atoms with Gasteiger partial charge < -0.3 is 43.9 Å². The van der Waals surface area contributed by atoms with Gasteiger partial charge in [0, 0.05) is 45.1 Å². The summed E-state index contributed by atoms with van der Waals surface area (Å²) in [6.45, 7) is 6.85. The zero-order chi connectivity index (χ0) is 39.3.